The number of carbonyl (C=O) groups excluding carboxylic acids is 1. The smallest absolute Gasteiger partial charge is 0.324 e. The lowest BCUT2D eigenvalue weighted by Crippen LogP contribution is -2.46. The van der Waals surface area contributed by atoms with Crippen molar-refractivity contribution in [1.29, 1.82) is 0 Å². The second-order valence-corrected chi connectivity index (χ2v) is 4.94. The first-order valence-electron chi connectivity index (χ1n) is 5.99. The molecule has 1 heterocycles. The second-order valence-electron chi connectivity index (χ2n) is 4.54. The molecule has 1 aromatic rings. The molecule has 7 nitrogen and oxygen atoms in total. The number of rotatable bonds is 3. The SMILES string of the molecule is O=C(Nc1ccc(Cl)c(C(F)(F)F)c1)C1NNCC1[N+](=O)[O-]. The van der Waals surface area contributed by atoms with Crippen molar-refractivity contribution >= 4 is 23.2 Å². The minimum absolute atomic E-state index is 0.0699. The first kappa shape index (κ1) is 16.5. The molecule has 3 N–H and O–H groups in total. The zero-order valence-corrected chi connectivity index (χ0v) is 11.5. The van der Waals surface area contributed by atoms with Crippen molar-refractivity contribution < 1.29 is 22.9 Å². The molecule has 1 aliphatic heterocycles. The van der Waals surface area contributed by atoms with Gasteiger partial charge in [0.25, 0.3) is 6.04 Å². The molecule has 120 valence electrons. The van der Waals surface area contributed by atoms with Gasteiger partial charge in [0, 0.05) is 10.6 Å². The number of hydrazine groups is 1. The molecule has 0 bridgehead atoms. The zero-order chi connectivity index (χ0) is 16.5. The van der Waals surface area contributed by atoms with Crippen LogP contribution in [0, 0.1) is 10.1 Å². The van der Waals surface area contributed by atoms with Crippen LogP contribution in [0.15, 0.2) is 18.2 Å². The van der Waals surface area contributed by atoms with E-state index in [9.17, 15) is 28.1 Å². The third kappa shape index (κ3) is 3.46. The number of benzene rings is 1. The Morgan fingerprint density at radius 1 is 1.45 bits per heavy atom. The van der Waals surface area contributed by atoms with E-state index >= 15 is 0 Å². The number of hydrogen-bond donors (Lipinski definition) is 3. The van der Waals surface area contributed by atoms with Crippen LogP contribution in [-0.4, -0.2) is 29.5 Å². The van der Waals surface area contributed by atoms with Crippen molar-refractivity contribution in [3.63, 3.8) is 0 Å². The van der Waals surface area contributed by atoms with Crippen molar-refractivity contribution in [2.45, 2.75) is 18.3 Å². The Labute approximate surface area is 126 Å². The van der Waals surface area contributed by atoms with Gasteiger partial charge in [-0.25, -0.2) is 10.9 Å². The normalized spacial score (nSPS) is 21.6. The molecule has 1 amide bonds. The number of nitrogens with zero attached hydrogens (tertiary/aromatic N) is 1. The summed E-state index contributed by atoms with van der Waals surface area (Å²) in [5.74, 6) is -0.817. The molecule has 22 heavy (non-hydrogen) atoms. The molecule has 0 aromatic heterocycles. The fourth-order valence-corrected chi connectivity index (χ4v) is 2.19. The first-order valence-corrected chi connectivity index (χ1v) is 6.37. The standard InChI is InChI=1S/C11H10ClF3N4O3/c12-7-2-1-5(3-6(7)11(13,14)15)17-10(20)9-8(19(21)22)4-16-18-9/h1-3,8-9,16,18H,4H2,(H,17,20). The Hall–Kier alpha value is -1.91. The highest BCUT2D eigenvalue weighted by Gasteiger charge is 2.41. The van der Waals surface area contributed by atoms with E-state index in [4.69, 9.17) is 11.6 Å². The minimum Gasteiger partial charge on any atom is -0.324 e. The van der Waals surface area contributed by atoms with Crippen molar-refractivity contribution in [2.75, 3.05) is 11.9 Å². The molecule has 1 aromatic carbocycles. The average molecular weight is 339 g/mol. The van der Waals surface area contributed by atoms with Crippen molar-refractivity contribution in [3.8, 4) is 0 Å². The van der Waals surface area contributed by atoms with Gasteiger partial charge in [0.15, 0.2) is 6.04 Å². The molecule has 0 saturated carbocycles. The van der Waals surface area contributed by atoms with Gasteiger partial charge in [0.2, 0.25) is 5.91 Å². The molecule has 0 spiro atoms. The lowest BCUT2D eigenvalue weighted by molar-refractivity contribution is -0.517. The molecule has 2 atom stereocenters. The predicted octanol–water partition coefficient (Wildman–Crippen LogP) is 1.42. The molecule has 1 saturated heterocycles. The summed E-state index contributed by atoms with van der Waals surface area (Å²) in [6.07, 6.45) is -4.67. The average Bonchev–Trinajstić information content (AvgIpc) is 2.89. The van der Waals surface area contributed by atoms with Gasteiger partial charge in [0.1, 0.15) is 0 Å². The molecular weight excluding hydrogens is 329 g/mol. The Morgan fingerprint density at radius 2 is 2.14 bits per heavy atom. The van der Waals surface area contributed by atoms with Crippen LogP contribution in [0.5, 0.6) is 0 Å². The Morgan fingerprint density at radius 3 is 2.73 bits per heavy atom. The van der Waals surface area contributed by atoms with E-state index in [1.165, 1.54) is 6.07 Å². The van der Waals surface area contributed by atoms with Gasteiger partial charge in [-0.3, -0.25) is 14.9 Å². The quantitative estimate of drug-likeness (QED) is 0.572. The highest BCUT2D eigenvalue weighted by atomic mass is 35.5. The molecule has 1 aliphatic rings. The maximum atomic E-state index is 12.7. The number of carbonyl (C=O) groups is 1. The lowest BCUT2D eigenvalue weighted by Gasteiger charge is -2.14. The van der Waals surface area contributed by atoms with Crippen LogP contribution in [-0.2, 0) is 11.0 Å². The van der Waals surface area contributed by atoms with Crippen LogP contribution < -0.4 is 16.2 Å². The highest BCUT2D eigenvalue weighted by molar-refractivity contribution is 6.31. The molecule has 11 heteroatoms. The van der Waals surface area contributed by atoms with Crippen molar-refractivity contribution in [2.24, 2.45) is 0 Å². The van der Waals surface area contributed by atoms with Crippen LogP contribution in [0.4, 0.5) is 18.9 Å². The van der Waals surface area contributed by atoms with Crippen LogP contribution >= 0.6 is 11.6 Å². The minimum atomic E-state index is -4.67. The summed E-state index contributed by atoms with van der Waals surface area (Å²) in [4.78, 5) is 22.1. The number of nitrogens with one attached hydrogen (secondary N) is 3. The summed E-state index contributed by atoms with van der Waals surface area (Å²) in [5, 5.41) is 12.5. The molecule has 0 radical (unpaired) electrons. The van der Waals surface area contributed by atoms with Gasteiger partial charge in [-0.05, 0) is 18.2 Å². The Bertz CT molecular complexity index is 611. The monoisotopic (exact) mass is 338 g/mol. The van der Waals surface area contributed by atoms with E-state index in [1.54, 1.807) is 0 Å². The van der Waals surface area contributed by atoms with E-state index in [0.717, 1.165) is 6.07 Å². The Kier molecular flexibility index (Phi) is 4.54. The molecular formula is C11H10ClF3N4O3. The fraction of sp³-hybridized carbons (Fsp3) is 0.364. The van der Waals surface area contributed by atoms with E-state index in [0.29, 0.717) is 6.07 Å². The summed E-state index contributed by atoms with van der Waals surface area (Å²) in [6.45, 7) is -0.0699. The number of amides is 1. The lowest BCUT2D eigenvalue weighted by atomic mass is 10.1. The van der Waals surface area contributed by atoms with Gasteiger partial charge in [-0.15, -0.1) is 0 Å². The van der Waals surface area contributed by atoms with Gasteiger partial charge in [0.05, 0.1) is 17.1 Å². The first-order chi connectivity index (χ1) is 10.2. The van der Waals surface area contributed by atoms with Crippen LogP contribution in [0.25, 0.3) is 0 Å². The summed E-state index contributed by atoms with van der Waals surface area (Å²) in [6, 6.07) is 0.433. The van der Waals surface area contributed by atoms with Gasteiger partial charge >= 0.3 is 6.18 Å². The third-order valence-electron chi connectivity index (χ3n) is 3.05. The summed E-state index contributed by atoms with van der Waals surface area (Å²) in [5.41, 5.74) is 3.62. The third-order valence-corrected chi connectivity index (χ3v) is 3.38. The number of anilines is 1. The molecule has 1 fully saturated rings. The molecule has 0 aliphatic carbocycles. The maximum Gasteiger partial charge on any atom is 0.417 e. The summed E-state index contributed by atoms with van der Waals surface area (Å²) >= 11 is 5.46. The highest BCUT2D eigenvalue weighted by Crippen LogP contribution is 2.36. The van der Waals surface area contributed by atoms with Crippen molar-refractivity contribution in [1.82, 2.24) is 10.9 Å². The van der Waals surface area contributed by atoms with Crippen LogP contribution in [0.2, 0.25) is 5.02 Å². The van der Waals surface area contributed by atoms with E-state index < -0.39 is 39.7 Å². The van der Waals surface area contributed by atoms with E-state index in [2.05, 4.69) is 16.2 Å². The fourth-order valence-electron chi connectivity index (χ4n) is 1.96. The van der Waals surface area contributed by atoms with Gasteiger partial charge in [-0.2, -0.15) is 13.2 Å². The molecule has 2 rings (SSSR count). The number of hydrogen-bond acceptors (Lipinski definition) is 5. The topological polar surface area (TPSA) is 96.3 Å². The molecule has 2 unspecified atom stereocenters. The largest absolute Gasteiger partial charge is 0.417 e. The summed E-state index contributed by atoms with van der Waals surface area (Å²) < 4.78 is 38.2. The summed E-state index contributed by atoms with van der Waals surface area (Å²) in [7, 11) is 0. The zero-order valence-electron chi connectivity index (χ0n) is 10.8. The Balaban J connectivity index is 2.17. The van der Waals surface area contributed by atoms with Crippen LogP contribution in [0.1, 0.15) is 5.56 Å². The second kappa shape index (κ2) is 6.07. The van der Waals surface area contributed by atoms with Gasteiger partial charge in [-0.1, -0.05) is 11.6 Å². The van der Waals surface area contributed by atoms with Crippen molar-refractivity contribution in [3.05, 3.63) is 38.9 Å². The number of nitro groups is 1. The van der Waals surface area contributed by atoms with Crippen LogP contribution in [0.3, 0.4) is 0 Å². The predicted molar refractivity (Wildman–Crippen MR) is 70.8 cm³/mol. The van der Waals surface area contributed by atoms with Gasteiger partial charge < -0.3 is 5.32 Å². The van der Waals surface area contributed by atoms with E-state index in [-0.39, 0.29) is 12.2 Å². The maximum absolute atomic E-state index is 12.7. The number of halogens is 4. The number of alkyl halides is 3. The van der Waals surface area contributed by atoms with E-state index in [1.807, 2.05) is 0 Å².